The van der Waals surface area contributed by atoms with Crippen LogP contribution >= 0.6 is 0 Å². The van der Waals surface area contributed by atoms with Gasteiger partial charge in [-0.3, -0.25) is 9.97 Å². The van der Waals surface area contributed by atoms with Gasteiger partial charge in [-0.25, -0.2) is 8.42 Å². The average Bonchev–Trinajstić information content (AvgIpc) is 2.53. The largest absolute Gasteiger partial charge is 0.325 e. The summed E-state index contributed by atoms with van der Waals surface area (Å²) >= 11 is 0. The first kappa shape index (κ1) is 15.6. The third-order valence-electron chi connectivity index (χ3n) is 3.11. The first-order valence-electron chi connectivity index (χ1n) is 6.62. The number of hydrogen-bond acceptors (Lipinski definition) is 5. The van der Waals surface area contributed by atoms with Crippen LogP contribution in [-0.2, 0) is 23.1 Å². The molecule has 21 heavy (non-hydrogen) atoms. The second-order valence-electron chi connectivity index (χ2n) is 4.48. The molecule has 0 spiro atoms. The lowest BCUT2D eigenvalue weighted by Crippen LogP contribution is -2.30. The van der Waals surface area contributed by atoms with Gasteiger partial charge in [0, 0.05) is 38.2 Å². The first-order chi connectivity index (χ1) is 10.1. The molecule has 112 valence electrons. The number of pyridine rings is 2. The van der Waals surface area contributed by atoms with Crippen molar-refractivity contribution in [2.75, 3.05) is 6.54 Å². The third kappa shape index (κ3) is 3.63. The molecule has 2 aromatic rings. The molecule has 0 unspecified atom stereocenters. The average molecular weight is 306 g/mol. The van der Waals surface area contributed by atoms with Crippen LogP contribution in [0.5, 0.6) is 0 Å². The SMILES string of the molecule is CCN(Cc1ccncc1)S(=O)(=O)c1ccc(CN)nc1. The minimum atomic E-state index is -3.56. The maximum absolute atomic E-state index is 12.6. The molecule has 2 heterocycles. The van der Waals surface area contributed by atoms with Crippen LogP contribution in [0, 0.1) is 0 Å². The van der Waals surface area contributed by atoms with E-state index in [0.717, 1.165) is 5.56 Å². The van der Waals surface area contributed by atoms with Gasteiger partial charge in [0.1, 0.15) is 4.90 Å². The fourth-order valence-corrected chi connectivity index (χ4v) is 3.27. The molecule has 0 aliphatic heterocycles. The van der Waals surface area contributed by atoms with Crippen molar-refractivity contribution in [2.24, 2.45) is 5.73 Å². The van der Waals surface area contributed by atoms with E-state index in [1.165, 1.54) is 10.5 Å². The Morgan fingerprint density at radius 2 is 1.90 bits per heavy atom. The highest BCUT2D eigenvalue weighted by Crippen LogP contribution is 2.17. The van der Waals surface area contributed by atoms with Crippen LogP contribution in [0.25, 0.3) is 0 Å². The Balaban J connectivity index is 2.26. The Morgan fingerprint density at radius 3 is 2.43 bits per heavy atom. The van der Waals surface area contributed by atoms with Gasteiger partial charge in [-0.2, -0.15) is 4.31 Å². The molecule has 0 aliphatic rings. The maximum Gasteiger partial charge on any atom is 0.244 e. The Morgan fingerprint density at radius 1 is 1.19 bits per heavy atom. The predicted molar refractivity (Wildman–Crippen MR) is 79.6 cm³/mol. The highest BCUT2D eigenvalue weighted by atomic mass is 32.2. The lowest BCUT2D eigenvalue weighted by atomic mass is 10.3. The molecule has 0 saturated carbocycles. The van der Waals surface area contributed by atoms with Crippen molar-refractivity contribution < 1.29 is 8.42 Å². The number of rotatable bonds is 6. The number of nitrogens with zero attached hydrogens (tertiary/aromatic N) is 3. The van der Waals surface area contributed by atoms with E-state index >= 15 is 0 Å². The second kappa shape index (κ2) is 6.75. The summed E-state index contributed by atoms with van der Waals surface area (Å²) in [6.07, 6.45) is 4.65. The van der Waals surface area contributed by atoms with Crippen molar-refractivity contribution in [2.45, 2.75) is 24.9 Å². The van der Waals surface area contributed by atoms with Gasteiger partial charge in [0.25, 0.3) is 0 Å². The van der Waals surface area contributed by atoms with Crippen LogP contribution in [0.1, 0.15) is 18.2 Å². The van der Waals surface area contributed by atoms with Crippen molar-refractivity contribution in [3.8, 4) is 0 Å². The molecule has 0 amide bonds. The maximum atomic E-state index is 12.6. The van der Waals surface area contributed by atoms with E-state index in [-0.39, 0.29) is 11.4 Å². The highest BCUT2D eigenvalue weighted by Gasteiger charge is 2.23. The zero-order chi connectivity index (χ0) is 15.3. The van der Waals surface area contributed by atoms with E-state index in [1.54, 1.807) is 43.6 Å². The fraction of sp³-hybridized carbons (Fsp3) is 0.286. The van der Waals surface area contributed by atoms with E-state index in [2.05, 4.69) is 9.97 Å². The number of aromatic nitrogens is 2. The van der Waals surface area contributed by atoms with Crippen LogP contribution in [0.15, 0.2) is 47.8 Å². The van der Waals surface area contributed by atoms with Crippen molar-refractivity contribution in [3.05, 3.63) is 54.1 Å². The van der Waals surface area contributed by atoms with E-state index in [9.17, 15) is 8.42 Å². The molecule has 0 radical (unpaired) electrons. The zero-order valence-corrected chi connectivity index (χ0v) is 12.6. The van der Waals surface area contributed by atoms with Gasteiger partial charge in [-0.05, 0) is 29.8 Å². The Bertz CT molecular complexity index is 672. The normalized spacial score (nSPS) is 11.8. The molecule has 7 heteroatoms. The monoisotopic (exact) mass is 306 g/mol. The topological polar surface area (TPSA) is 89.2 Å². The molecule has 0 aliphatic carbocycles. The molecule has 2 rings (SSSR count). The van der Waals surface area contributed by atoms with Gasteiger partial charge >= 0.3 is 0 Å². The van der Waals surface area contributed by atoms with Gasteiger partial charge in [0.2, 0.25) is 10.0 Å². The van der Waals surface area contributed by atoms with Crippen LogP contribution in [-0.4, -0.2) is 29.2 Å². The Kier molecular flexibility index (Phi) is 5.00. The minimum Gasteiger partial charge on any atom is -0.325 e. The molecule has 2 N–H and O–H groups in total. The predicted octanol–water partition coefficient (Wildman–Crippen LogP) is 1.15. The van der Waals surface area contributed by atoms with Crippen molar-refractivity contribution in [1.29, 1.82) is 0 Å². The van der Waals surface area contributed by atoms with Gasteiger partial charge in [0.15, 0.2) is 0 Å². The molecule has 0 aromatic carbocycles. The first-order valence-corrected chi connectivity index (χ1v) is 8.06. The third-order valence-corrected chi connectivity index (χ3v) is 5.01. The molecular formula is C14H18N4O2S. The zero-order valence-electron chi connectivity index (χ0n) is 11.8. The molecule has 2 aromatic heterocycles. The number of nitrogens with two attached hydrogens (primary N) is 1. The minimum absolute atomic E-state index is 0.176. The van der Waals surface area contributed by atoms with E-state index < -0.39 is 10.0 Å². The highest BCUT2D eigenvalue weighted by molar-refractivity contribution is 7.89. The van der Waals surface area contributed by atoms with Gasteiger partial charge in [0.05, 0.1) is 5.69 Å². The number of sulfonamides is 1. The van der Waals surface area contributed by atoms with Crippen molar-refractivity contribution >= 4 is 10.0 Å². The fourth-order valence-electron chi connectivity index (χ4n) is 1.89. The summed E-state index contributed by atoms with van der Waals surface area (Å²) in [7, 11) is -3.56. The summed E-state index contributed by atoms with van der Waals surface area (Å²) in [5.41, 5.74) is 7.02. The summed E-state index contributed by atoms with van der Waals surface area (Å²) in [5.74, 6) is 0. The summed E-state index contributed by atoms with van der Waals surface area (Å²) in [6.45, 7) is 2.78. The molecule has 0 fully saturated rings. The standard InChI is InChI=1S/C14H18N4O2S/c1-2-18(11-12-5-7-16-8-6-12)21(19,20)14-4-3-13(9-15)17-10-14/h3-8,10H,2,9,11,15H2,1H3. The molecule has 0 saturated heterocycles. The Labute approximate surface area is 124 Å². The second-order valence-corrected chi connectivity index (χ2v) is 6.41. The smallest absolute Gasteiger partial charge is 0.244 e. The van der Waals surface area contributed by atoms with Crippen molar-refractivity contribution in [1.82, 2.24) is 14.3 Å². The lowest BCUT2D eigenvalue weighted by Gasteiger charge is -2.20. The van der Waals surface area contributed by atoms with Crippen LogP contribution in [0.3, 0.4) is 0 Å². The number of hydrogen-bond donors (Lipinski definition) is 1. The molecule has 6 nitrogen and oxygen atoms in total. The van der Waals surface area contributed by atoms with E-state index in [1.807, 2.05) is 0 Å². The summed E-state index contributed by atoms with van der Waals surface area (Å²) in [6, 6.07) is 6.77. The van der Waals surface area contributed by atoms with Gasteiger partial charge in [-0.1, -0.05) is 6.92 Å². The molecule has 0 bridgehead atoms. The lowest BCUT2D eigenvalue weighted by molar-refractivity contribution is 0.423. The van der Waals surface area contributed by atoms with Crippen LogP contribution in [0.4, 0.5) is 0 Å². The molecule has 0 atom stereocenters. The van der Waals surface area contributed by atoms with Crippen LogP contribution in [0.2, 0.25) is 0 Å². The van der Waals surface area contributed by atoms with Gasteiger partial charge in [-0.15, -0.1) is 0 Å². The summed E-state index contributed by atoms with van der Waals surface area (Å²) in [5, 5.41) is 0. The van der Waals surface area contributed by atoms with Crippen LogP contribution < -0.4 is 5.73 Å². The quantitative estimate of drug-likeness (QED) is 0.864. The Hall–Kier alpha value is -1.83. The summed E-state index contributed by atoms with van der Waals surface area (Å²) < 4.78 is 26.6. The van der Waals surface area contributed by atoms with E-state index in [0.29, 0.717) is 18.8 Å². The molecular weight excluding hydrogens is 288 g/mol. The van der Waals surface area contributed by atoms with E-state index in [4.69, 9.17) is 5.73 Å². The summed E-state index contributed by atoms with van der Waals surface area (Å²) in [4.78, 5) is 8.15. The van der Waals surface area contributed by atoms with Gasteiger partial charge < -0.3 is 5.73 Å². The van der Waals surface area contributed by atoms with Crippen molar-refractivity contribution in [3.63, 3.8) is 0 Å².